The average molecular weight is 263 g/mol. The van der Waals surface area contributed by atoms with Crippen molar-refractivity contribution in [1.82, 2.24) is 0 Å². The number of amides is 1. The van der Waals surface area contributed by atoms with Gasteiger partial charge in [0.15, 0.2) is 0 Å². The highest BCUT2D eigenvalue weighted by Crippen LogP contribution is 2.36. The molecular formula is C11H21NO4S. The smallest absolute Gasteiger partial charge is 0.272 e. The van der Waals surface area contributed by atoms with Crippen LogP contribution >= 0.6 is 0 Å². The van der Waals surface area contributed by atoms with Crippen molar-refractivity contribution < 1.29 is 17.8 Å². The third-order valence-corrected chi connectivity index (χ3v) is 4.09. The molecule has 3 N–H and O–H groups in total. The van der Waals surface area contributed by atoms with Gasteiger partial charge in [-0.3, -0.25) is 9.35 Å². The van der Waals surface area contributed by atoms with Gasteiger partial charge in [0.2, 0.25) is 5.91 Å². The zero-order valence-electron chi connectivity index (χ0n) is 10.7. The summed E-state index contributed by atoms with van der Waals surface area (Å²) in [6.45, 7) is 10.6. The molecule has 0 saturated heterocycles. The summed E-state index contributed by atoms with van der Waals surface area (Å²) >= 11 is 0. The predicted molar refractivity (Wildman–Crippen MR) is 66.9 cm³/mol. The fraction of sp³-hybridized carbons (Fsp3) is 0.727. The minimum absolute atomic E-state index is 0.218. The van der Waals surface area contributed by atoms with Crippen LogP contribution in [0.2, 0.25) is 0 Å². The lowest BCUT2D eigenvalue weighted by atomic mass is 9.78. The maximum atomic E-state index is 11.4. The molecule has 0 bridgehead atoms. The number of carbonyl (C=O) groups excluding carboxylic acids is 1. The highest BCUT2D eigenvalue weighted by molar-refractivity contribution is 7.86. The molecule has 0 aromatic rings. The summed E-state index contributed by atoms with van der Waals surface area (Å²) in [7, 11) is -4.41. The molecule has 0 fully saturated rings. The van der Waals surface area contributed by atoms with Crippen molar-refractivity contribution >= 4 is 16.0 Å². The summed E-state index contributed by atoms with van der Waals surface area (Å²) in [5.41, 5.74) is 3.96. The molecule has 17 heavy (non-hydrogen) atoms. The molecule has 0 aliphatic heterocycles. The third-order valence-electron chi connectivity index (χ3n) is 2.57. The molecule has 0 radical (unpaired) electrons. The number of hydrogen-bond donors (Lipinski definition) is 2. The van der Waals surface area contributed by atoms with Gasteiger partial charge in [0.05, 0.1) is 0 Å². The molecule has 0 saturated carbocycles. The SMILES string of the molecule is C=C(C(N)=O)C(C(C)(C)CC(C)C)S(=O)(=O)O. The first-order valence-corrected chi connectivity index (χ1v) is 6.85. The van der Waals surface area contributed by atoms with Crippen molar-refractivity contribution in [2.75, 3.05) is 0 Å². The molecule has 0 rings (SSSR count). The summed E-state index contributed by atoms with van der Waals surface area (Å²) in [5.74, 6) is -0.695. The van der Waals surface area contributed by atoms with Gasteiger partial charge in [-0.05, 0) is 17.8 Å². The van der Waals surface area contributed by atoms with Gasteiger partial charge in [0, 0.05) is 5.57 Å². The standard InChI is InChI=1S/C11H21NO4S/c1-7(2)6-11(4,5)9(17(14,15)16)8(3)10(12)13/h7,9H,3,6H2,1-2,4-5H3,(H2,12,13)(H,14,15,16). The van der Waals surface area contributed by atoms with Crippen LogP contribution in [-0.2, 0) is 14.9 Å². The van der Waals surface area contributed by atoms with Crippen molar-refractivity contribution in [1.29, 1.82) is 0 Å². The van der Waals surface area contributed by atoms with Gasteiger partial charge >= 0.3 is 0 Å². The lowest BCUT2D eigenvalue weighted by Crippen LogP contribution is -2.42. The van der Waals surface area contributed by atoms with Gasteiger partial charge in [-0.1, -0.05) is 34.3 Å². The molecule has 5 nitrogen and oxygen atoms in total. The van der Waals surface area contributed by atoms with E-state index >= 15 is 0 Å². The topological polar surface area (TPSA) is 97.5 Å². The first-order valence-electron chi connectivity index (χ1n) is 5.34. The molecule has 1 amide bonds. The van der Waals surface area contributed by atoms with Gasteiger partial charge in [-0.25, -0.2) is 0 Å². The first kappa shape index (κ1) is 16.1. The second kappa shape index (κ2) is 5.18. The fourth-order valence-corrected chi connectivity index (χ4v) is 3.72. The maximum absolute atomic E-state index is 11.4. The Morgan fingerprint density at radius 2 is 1.82 bits per heavy atom. The van der Waals surface area contributed by atoms with E-state index in [-0.39, 0.29) is 11.5 Å². The summed E-state index contributed by atoms with van der Waals surface area (Å²) in [6.07, 6.45) is 0.518. The summed E-state index contributed by atoms with van der Waals surface area (Å²) in [5, 5.41) is -1.37. The Labute approximate surface area is 103 Å². The van der Waals surface area contributed by atoms with Crippen LogP contribution in [0.5, 0.6) is 0 Å². The van der Waals surface area contributed by atoms with E-state index in [0.29, 0.717) is 6.42 Å². The summed E-state index contributed by atoms with van der Waals surface area (Å²) < 4.78 is 32.0. The normalized spacial score (nSPS) is 14.7. The molecule has 0 aliphatic carbocycles. The van der Waals surface area contributed by atoms with Crippen LogP contribution in [0.25, 0.3) is 0 Å². The van der Waals surface area contributed by atoms with E-state index in [2.05, 4.69) is 6.58 Å². The van der Waals surface area contributed by atoms with Crippen molar-refractivity contribution in [2.45, 2.75) is 39.4 Å². The van der Waals surface area contributed by atoms with Crippen LogP contribution in [-0.4, -0.2) is 24.1 Å². The molecule has 0 aliphatic rings. The molecule has 100 valence electrons. The van der Waals surface area contributed by atoms with Crippen LogP contribution in [0.4, 0.5) is 0 Å². The van der Waals surface area contributed by atoms with E-state index in [0.717, 1.165) is 0 Å². The van der Waals surface area contributed by atoms with Gasteiger partial charge in [0.1, 0.15) is 5.25 Å². The van der Waals surface area contributed by atoms with E-state index in [1.54, 1.807) is 13.8 Å². The van der Waals surface area contributed by atoms with Crippen molar-refractivity contribution in [2.24, 2.45) is 17.1 Å². The van der Waals surface area contributed by atoms with Crippen molar-refractivity contribution in [3.05, 3.63) is 12.2 Å². The second-order valence-corrected chi connectivity index (χ2v) is 6.87. The highest BCUT2D eigenvalue weighted by Gasteiger charge is 2.42. The Morgan fingerprint density at radius 3 is 2.06 bits per heavy atom. The number of rotatable bonds is 6. The Kier molecular flexibility index (Phi) is 4.91. The van der Waals surface area contributed by atoms with E-state index in [1.165, 1.54) is 0 Å². The quantitative estimate of drug-likeness (QED) is 0.558. The molecule has 0 spiro atoms. The van der Waals surface area contributed by atoms with Crippen molar-refractivity contribution in [3.63, 3.8) is 0 Å². The van der Waals surface area contributed by atoms with Gasteiger partial charge in [-0.15, -0.1) is 0 Å². The number of hydrogen-bond acceptors (Lipinski definition) is 3. The van der Waals surface area contributed by atoms with Gasteiger partial charge in [-0.2, -0.15) is 8.42 Å². The fourth-order valence-electron chi connectivity index (χ4n) is 2.34. The van der Waals surface area contributed by atoms with E-state index in [1.807, 2.05) is 13.8 Å². The number of carbonyl (C=O) groups is 1. The van der Waals surface area contributed by atoms with E-state index < -0.39 is 26.7 Å². The summed E-state index contributed by atoms with van der Waals surface area (Å²) in [4.78, 5) is 11.1. The molecule has 1 atom stereocenters. The largest absolute Gasteiger partial charge is 0.366 e. The molecule has 0 aromatic carbocycles. The lowest BCUT2D eigenvalue weighted by Gasteiger charge is -2.33. The average Bonchev–Trinajstić information content (AvgIpc) is 1.96. The second-order valence-electron chi connectivity index (χ2n) is 5.37. The maximum Gasteiger partial charge on any atom is 0.272 e. The van der Waals surface area contributed by atoms with Crippen LogP contribution < -0.4 is 5.73 Å². The highest BCUT2D eigenvalue weighted by atomic mass is 32.2. The third kappa shape index (κ3) is 4.47. The minimum Gasteiger partial charge on any atom is -0.366 e. The molecule has 0 heterocycles. The van der Waals surface area contributed by atoms with Gasteiger partial charge < -0.3 is 5.73 Å². The molecule has 6 heteroatoms. The van der Waals surface area contributed by atoms with Crippen LogP contribution in [0.15, 0.2) is 12.2 Å². The Morgan fingerprint density at radius 1 is 1.41 bits per heavy atom. The monoisotopic (exact) mass is 263 g/mol. The lowest BCUT2D eigenvalue weighted by molar-refractivity contribution is -0.114. The van der Waals surface area contributed by atoms with Crippen LogP contribution in [0.3, 0.4) is 0 Å². The Bertz CT molecular complexity index is 409. The summed E-state index contributed by atoms with van der Waals surface area (Å²) in [6, 6.07) is 0. The van der Waals surface area contributed by atoms with Gasteiger partial charge in [0.25, 0.3) is 10.1 Å². The van der Waals surface area contributed by atoms with Crippen LogP contribution in [0, 0.1) is 11.3 Å². The number of nitrogens with two attached hydrogens (primary N) is 1. The molecular weight excluding hydrogens is 242 g/mol. The molecule has 0 aromatic heterocycles. The Balaban J connectivity index is 5.50. The van der Waals surface area contributed by atoms with E-state index in [4.69, 9.17) is 5.73 Å². The van der Waals surface area contributed by atoms with E-state index in [9.17, 15) is 17.8 Å². The first-order chi connectivity index (χ1) is 7.39. The predicted octanol–water partition coefficient (Wildman–Crippen LogP) is 1.36. The molecule has 1 unspecified atom stereocenters. The Hall–Kier alpha value is -0.880. The van der Waals surface area contributed by atoms with Crippen LogP contribution in [0.1, 0.15) is 34.1 Å². The van der Waals surface area contributed by atoms with Crippen molar-refractivity contribution in [3.8, 4) is 0 Å². The zero-order chi connectivity index (χ0) is 14.0. The number of primary amides is 1. The minimum atomic E-state index is -4.41. The zero-order valence-corrected chi connectivity index (χ0v) is 11.5.